The Bertz CT molecular complexity index is 707. The second-order valence-electron chi connectivity index (χ2n) is 6.37. The van der Waals surface area contributed by atoms with Gasteiger partial charge in [0.1, 0.15) is 0 Å². The highest BCUT2D eigenvalue weighted by atomic mass is 35.5. The molecule has 0 saturated carbocycles. The highest BCUT2D eigenvalue weighted by Crippen LogP contribution is 2.76. The van der Waals surface area contributed by atoms with E-state index in [9.17, 15) is 4.57 Å². The lowest BCUT2D eigenvalue weighted by atomic mass is 10.2. The van der Waals surface area contributed by atoms with Gasteiger partial charge in [0, 0.05) is 25.9 Å². The van der Waals surface area contributed by atoms with Crippen LogP contribution < -0.4 is 0 Å². The van der Waals surface area contributed by atoms with Crippen LogP contribution in [0.4, 0.5) is 0 Å². The van der Waals surface area contributed by atoms with Gasteiger partial charge in [-0.05, 0) is 11.1 Å². The molecule has 148 valence electrons. The maximum absolute atomic E-state index is 14.4. The van der Waals surface area contributed by atoms with Crippen LogP contribution in [-0.2, 0) is 17.4 Å². The number of alkyl halides is 4. The normalized spacial score (nSPS) is 13.1. The van der Waals surface area contributed by atoms with Crippen molar-refractivity contribution in [2.45, 2.75) is 34.8 Å². The minimum absolute atomic E-state index is 0.181. The molecule has 0 bridgehead atoms. The first kappa shape index (κ1) is 23.1. The molecule has 0 spiro atoms. The molecule has 0 atom stereocenters. The number of nitrogens with zero attached hydrogens (tertiary/aromatic N) is 1. The summed E-state index contributed by atoms with van der Waals surface area (Å²) in [5.74, 6) is 0. The van der Waals surface area contributed by atoms with Gasteiger partial charge in [0.2, 0.25) is 7.29 Å². The summed E-state index contributed by atoms with van der Waals surface area (Å²) >= 11 is 27.1. The van der Waals surface area contributed by atoms with Crippen molar-refractivity contribution in [2.24, 2.45) is 0 Å². The Kier molecular flexibility index (Phi) is 8.14. The highest BCUT2D eigenvalue weighted by Gasteiger charge is 2.61. The number of hydrogen-bond donors (Lipinski definition) is 0. The fraction of sp³-hybridized carbons (Fsp3) is 0.400. The topological polar surface area (TPSA) is 20.3 Å². The van der Waals surface area contributed by atoms with Crippen molar-refractivity contribution >= 4 is 53.7 Å². The molecular formula is C20H24Cl4NOP. The summed E-state index contributed by atoms with van der Waals surface area (Å²) in [5, 5.41) is 0. The minimum atomic E-state index is -3.67. The summed E-state index contributed by atoms with van der Waals surface area (Å²) in [6.07, 6.45) is 0.363. The van der Waals surface area contributed by atoms with Gasteiger partial charge >= 0.3 is 0 Å². The van der Waals surface area contributed by atoms with Crippen LogP contribution in [0.3, 0.4) is 0 Å². The standard InChI is InChI=1S/C20H24Cl4NOP/c1-3-25(4-2)27(26,19(21,22)15-17-11-7-5-8-12-17)20(23,24)16-18-13-9-6-10-14-18/h5-14H,3-4,15-16H2,1-2H3. The van der Waals surface area contributed by atoms with Crippen molar-refractivity contribution < 1.29 is 4.57 Å². The van der Waals surface area contributed by atoms with Crippen molar-refractivity contribution in [1.29, 1.82) is 0 Å². The summed E-state index contributed by atoms with van der Waals surface area (Å²) in [5.41, 5.74) is 1.75. The molecule has 0 N–H and O–H groups in total. The molecule has 0 saturated heterocycles. The van der Waals surface area contributed by atoms with Crippen LogP contribution in [0.25, 0.3) is 0 Å². The first-order valence-electron chi connectivity index (χ1n) is 8.87. The molecule has 0 aliphatic carbocycles. The monoisotopic (exact) mass is 465 g/mol. The SMILES string of the molecule is CCN(CC)P(=O)(C(Cl)(Cl)Cc1ccccc1)C(Cl)(Cl)Cc1ccccc1. The average Bonchev–Trinajstić information content (AvgIpc) is 2.63. The molecule has 2 rings (SSSR count). The van der Waals surface area contributed by atoms with Crippen LogP contribution >= 0.6 is 53.7 Å². The van der Waals surface area contributed by atoms with Gasteiger partial charge in [-0.3, -0.25) is 0 Å². The van der Waals surface area contributed by atoms with Crippen molar-refractivity contribution in [3.05, 3.63) is 71.8 Å². The van der Waals surface area contributed by atoms with E-state index in [0.717, 1.165) is 11.1 Å². The quantitative estimate of drug-likeness (QED) is 0.284. The third-order valence-corrected chi connectivity index (χ3v) is 11.3. The second kappa shape index (κ2) is 9.53. The van der Waals surface area contributed by atoms with E-state index in [2.05, 4.69) is 0 Å². The minimum Gasteiger partial charge on any atom is -0.300 e. The third kappa shape index (κ3) is 5.04. The molecule has 0 aromatic heterocycles. The van der Waals surface area contributed by atoms with E-state index < -0.39 is 15.4 Å². The molecule has 0 amide bonds. The van der Waals surface area contributed by atoms with E-state index in [0.29, 0.717) is 13.1 Å². The van der Waals surface area contributed by atoms with Crippen molar-refractivity contribution in [1.82, 2.24) is 4.67 Å². The van der Waals surface area contributed by atoms with Crippen LogP contribution in [0.5, 0.6) is 0 Å². The van der Waals surface area contributed by atoms with E-state index in [-0.39, 0.29) is 12.8 Å². The first-order valence-corrected chi connectivity index (χ1v) is 12.0. The van der Waals surface area contributed by atoms with E-state index in [1.54, 1.807) is 4.67 Å². The Morgan fingerprint density at radius 2 is 1.07 bits per heavy atom. The number of rotatable bonds is 9. The zero-order chi connectivity index (χ0) is 20.1. The summed E-state index contributed by atoms with van der Waals surface area (Å²) in [7, 11) is -3.67. The summed E-state index contributed by atoms with van der Waals surface area (Å²) in [4.78, 5) is 0. The summed E-state index contributed by atoms with van der Waals surface area (Å²) < 4.78 is 12.9. The Morgan fingerprint density at radius 1 is 0.741 bits per heavy atom. The van der Waals surface area contributed by atoms with Gasteiger partial charge in [-0.15, -0.1) is 0 Å². The zero-order valence-corrected chi connectivity index (χ0v) is 19.3. The number of halogens is 4. The highest BCUT2D eigenvalue weighted by molar-refractivity contribution is 7.72. The van der Waals surface area contributed by atoms with Gasteiger partial charge in [0.25, 0.3) is 0 Å². The van der Waals surface area contributed by atoms with Crippen molar-refractivity contribution in [3.8, 4) is 0 Å². The van der Waals surface area contributed by atoms with E-state index in [1.165, 1.54) is 0 Å². The Balaban J connectivity index is 2.49. The lowest BCUT2D eigenvalue weighted by molar-refractivity contribution is 0.429. The van der Waals surface area contributed by atoms with Crippen LogP contribution in [0.1, 0.15) is 25.0 Å². The number of hydrogen-bond acceptors (Lipinski definition) is 1. The van der Waals surface area contributed by atoms with Crippen LogP contribution in [0.2, 0.25) is 0 Å². The molecule has 0 aliphatic heterocycles. The zero-order valence-electron chi connectivity index (χ0n) is 15.4. The smallest absolute Gasteiger partial charge is 0.220 e. The molecule has 27 heavy (non-hydrogen) atoms. The fourth-order valence-corrected chi connectivity index (χ4v) is 10.2. The molecule has 2 aromatic carbocycles. The number of benzene rings is 2. The average molecular weight is 467 g/mol. The molecule has 0 unspecified atom stereocenters. The van der Waals surface area contributed by atoms with E-state index in [1.807, 2.05) is 74.5 Å². The van der Waals surface area contributed by atoms with Gasteiger partial charge in [-0.2, -0.15) is 0 Å². The molecule has 2 nitrogen and oxygen atoms in total. The Labute approximate surface area is 182 Å². The fourth-order valence-electron chi connectivity index (χ4n) is 3.17. The van der Waals surface area contributed by atoms with Gasteiger partial charge in [-0.1, -0.05) is 121 Å². The largest absolute Gasteiger partial charge is 0.300 e. The maximum Gasteiger partial charge on any atom is 0.220 e. The van der Waals surface area contributed by atoms with E-state index >= 15 is 0 Å². The molecule has 2 aromatic rings. The van der Waals surface area contributed by atoms with Crippen LogP contribution in [-0.4, -0.2) is 25.9 Å². The van der Waals surface area contributed by atoms with Gasteiger partial charge in [0.15, 0.2) is 8.15 Å². The lowest BCUT2D eigenvalue weighted by Crippen LogP contribution is -2.40. The molecule has 0 aliphatic rings. The Morgan fingerprint density at radius 3 is 1.37 bits per heavy atom. The van der Waals surface area contributed by atoms with Crippen molar-refractivity contribution in [3.63, 3.8) is 0 Å². The van der Waals surface area contributed by atoms with Gasteiger partial charge in [0.05, 0.1) is 0 Å². The van der Waals surface area contributed by atoms with E-state index in [4.69, 9.17) is 46.4 Å². The van der Waals surface area contributed by atoms with Crippen molar-refractivity contribution in [2.75, 3.05) is 13.1 Å². The Hall–Kier alpha value is -0.210. The first-order chi connectivity index (χ1) is 12.7. The maximum atomic E-state index is 14.4. The third-order valence-electron chi connectivity index (χ3n) is 4.53. The molecule has 7 heteroatoms. The molecule has 0 radical (unpaired) electrons. The van der Waals surface area contributed by atoms with Crippen LogP contribution in [0.15, 0.2) is 60.7 Å². The molecule has 0 heterocycles. The molecule has 0 fully saturated rings. The molecular weight excluding hydrogens is 443 g/mol. The predicted molar refractivity (Wildman–Crippen MR) is 120 cm³/mol. The van der Waals surface area contributed by atoms with Gasteiger partial charge in [-0.25, -0.2) is 4.67 Å². The predicted octanol–water partition coefficient (Wildman–Crippen LogP) is 7.35. The van der Waals surface area contributed by atoms with Gasteiger partial charge < -0.3 is 4.57 Å². The lowest BCUT2D eigenvalue weighted by Gasteiger charge is -2.44. The second-order valence-corrected chi connectivity index (χ2v) is 13.6. The summed E-state index contributed by atoms with van der Waals surface area (Å²) in [6, 6.07) is 18.9. The van der Waals surface area contributed by atoms with Crippen LogP contribution in [0, 0.1) is 0 Å². The summed E-state index contributed by atoms with van der Waals surface area (Å²) in [6.45, 7) is 4.74.